The van der Waals surface area contributed by atoms with Crippen molar-refractivity contribution in [2.24, 2.45) is 0 Å². The minimum atomic E-state index is 0.784. The van der Waals surface area contributed by atoms with E-state index >= 15 is 0 Å². The van der Waals surface area contributed by atoms with Crippen LogP contribution in [0.2, 0.25) is 0 Å². The molecule has 148 valence electrons. The van der Waals surface area contributed by atoms with Crippen molar-refractivity contribution in [3.63, 3.8) is 0 Å². The van der Waals surface area contributed by atoms with Gasteiger partial charge in [0.2, 0.25) is 0 Å². The first kappa shape index (κ1) is 18.4. The Morgan fingerprint density at radius 1 is 0.828 bits per heavy atom. The van der Waals surface area contributed by atoms with Crippen LogP contribution in [0.4, 0.5) is 11.4 Å². The summed E-state index contributed by atoms with van der Waals surface area (Å²) in [4.78, 5) is 0. The predicted octanol–water partition coefficient (Wildman–Crippen LogP) is 6.17. The first-order valence-corrected chi connectivity index (χ1v) is 11.2. The van der Waals surface area contributed by atoms with Gasteiger partial charge in [-0.3, -0.25) is 10.0 Å². The molecule has 1 N–H and O–H groups in total. The van der Waals surface area contributed by atoms with Gasteiger partial charge in [0.05, 0.1) is 11.4 Å². The number of rotatable bonds is 6. The van der Waals surface area contributed by atoms with E-state index in [0.29, 0.717) is 0 Å². The zero-order valence-corrected chi connectivity index (χ0v) is 17.5. The number of hydrazine groups is 3. The second-order valence-corrected chi connectivity index (χ2v) is 8.60. The molecular weight excluding hydrogens is 376 g/mol. The Bertz CT molecular complexity index is 1110. The van der Waals surface area contributed by atoms with Crippen LogP contribution < -0.4 is 15.6 Å². The Kier molecular flexibility index (Phi) is 5.10. The summed E-state index contributed by atoms with van der Waals surface area (Å²) in [5.74, 6) is 0. The first-order chi connectivity index (χ1) is 14.3. The van der Waals surface area contributed by atoms with Crippen molar-refractivity contribution in [2.75, 3.05) is 23.2 Å². The monoisotopic (exact) mass is 402 g/mol. The Morgan fingerprint density at radius 3 is 2.48 bits per heavy atom. The molecule has 5 heteroatoms. The van der Waals surface area contributed by atoms with E-state index in [1.54, 1.807) is 0 Å². The third-order valence-corrected chi connectivity index (χ3v) is 6.64. The number of unbranched alkanes of at least 4 members (excludes halogenated alkanes) is 2. The fourth-order valence-corrected chi connectivity index (χ4v) is 5.10. The molecule has 0 bridgehead atoms. The quantitative estimate of drug-likeness (QED) is 0.390. The van der Waals surface area contributed by atoms with Crippen molar-refractivity contribution in [1.29, 1.82) is 0 Å². The van der Waals surface area contributed by atoms with Gasteiger partial charge in [-0.05, 0) is 36.8 Å². The fourth-order valence-electron chi connectivity index (χ4n) is 3.96. The lowest BCUT2D eigenvalue weighted by molar-refractivity contribution is 0.220. The normalized spacial score (nSPS) is 15.1. The molecule has 0 atom stereocenters. The molecule has 0 amide bonds. The van der Waals surface area contributed by atoms with Crippen LogP contribution in [0.1, 0.15) is 26.2 Å². The molecule has 0 spiro atoms. The number of fused-ring (bicyclic) bond motifs is 3. The molecule has 3 aromatic carbocycles. The highest BCUT2D eigenvalue weighted by Gasteiger charge is 2.28. The van der Waals surface area contributed by atoms with E-state index in [4.69, 9.17) is 0 Å². The number of nitrogens with zero attached hydrogens (tertiary/aromatic N) is 3. The molecule has 1 saturated heterocycles. The molecule has 4 nitrogen and oxygen atoms in total. The number of hydrogen-bond acceptors (Lipinski definition) is 5. The number of anilines is 2. The lowest BCUT2D eigenvalue weighted by Gasteiger charge is -2.27. The summed E-state index contributed by atoms with van der Waals surface area (Å²) in [6.07, 6.45) is 3.64. The Morgan fingerprint density at radius 2 is 1.62 bits per heavy atom. The van der Waals surface area contributed by atoms with Gasteiger partial charge in [-0.15, -0.1) is 22.0 Å². The molecule has 29 heavy (non-hydrogen) atoms. The standard InChI is InChI=1S/C24H26N4S/c1-2-3-9-16-28-25-26(19-10-5-4-6-11-19)18-27(28)20-14-15-22-21-12-7-8-13-23(21)29-24(22)17-20/h4-8,10-15,17,25H,2-3,9,16,18H2,1H3. The number of benzene rings is 3. The van der Waals surface area contributed by atoms with E-state index < -0.39 is 0 Å². The van der Waals surface area contributed by atoms with Crippen molar-refractivity contribution in [1.82, 2.24) is 10.7 Å². The van der Waals surface area contributed by atoms with E-state index in [1.165, 1.54) is 50.8 Å². The van der Waals surface area contributed by atoms with Gasteiger partial charge in [0.1, 0.15) is 6.67 Å². The zero-order chi connectivity index (χ0) is 19.6. The van der Waals surface area contributed by atoms with Crippen LogP contribution in [0, 0.1) is 0 Å². The molecule has 5 rings (SSSR count). The molecule has 4 aromatic rings. The Hall–Kier alpha value is -2.60. The van der Waals surface area contributed by atoms with Crippen LogP contribution in [0.25, 0.3) is 20.2 Å². The third-order valence-electron chi connectivity index (χ3n) is 5.50. The Labute approximate surface area is 175 Å². The molecule has 0 saturated carbocycles. The highest BCUT2D eigenvalue weighted by atomic mass is 32.1. The second kappa shape index (κ2) is 8.03. The fraction of sp³-hybridized carbons (Fsp3) is 0.250. The summed E-state index contributed by atoms with van der Waals surface area (Å²) in [7, 11) is 0. The van der Waals surface area contributed by atoms with Crippen LogP contribution in [0.3, 0.4) is 0 Å². The topological polar surface area (TPSA) is 21.8 Å². The van der Waals surface area contributed by atoms with E-state index in [0.717, 1.165) is 13.2 Å². The van der Waals surface area contributed by atoms with Gasteiger partial charge in [0.15, 0.2) is 0 Å². The maximum atomic E-state index is 3.59. The molecule has 1 aliphatic rings. The number of nitrogens with one attached hydrogen (secondary N) is 1. The third kappa shape index (κ3) is 3.57. The maximum Gasteiger partial charge on any atom is 0.123 e. The van der Waals surface area contributed by atoms with Crippen molar-refractivity contribution in [3.8, 4) is 0 Å². The van der Waals surface area contributed by atoms with Gasteiger partial charge in [0, 0.05) is 26.7 Å². The number of thiophene rings is 1. The van der Waals surface area contributed by atoms with Crippen molar-refractivity contribution in [3.05, 3.63) is 72.8 Å². The lowest BCUT2D eigenvalue weighted by Crippen LogP contribution is -2.44. The van der Waals surface area contributed by atoms with Crippen molar-refractivity contribution in [2.45, 2.75) is 26.2 Å². The molecule has 0 aliphatic carbocycles. The lowest BCUT2D eigenvalue weighted by atomic mass is 10.1. The summed E-state index contributed by atoms with van der Waals surface area (Å²) in [6, 6.07) is 26.1. The number of hydrogen-bond donors (Lipinski definition) is 1. The molecule has 2 heterocycles. The van der Waals surface area contributed by atoms with Crippen LogP contribution in [0.5, 0.6) is 0 Å². The van der Waals surface area contributed by atoms with Crippen LogP contribution >= 0.6 is 11.3 Å². The van der Waals surface area contributed by atoms with Crippen molar-refractivity contribution < 1.29 is 0 Å². The average Bonchev–Trinajstić information content (AvgIpc) is 3.35. The van der Waals surface area contributed by atoms with Gasteiger partial charge >= 0.3 is 0 Å². The molecule has 0 radical (unpaired) electrons. The zero-order valence-electron chi connectivity index (χ0n) is 16.7. The molecular formula is C24H26N4S. The highest BCUT2D eigenvalue weighted by molar-refractivity contribution is 7.25. The maximum absolute atomic E-state index is 3.59. The van der Waals surface area contributed by atoms with Gasteiger partial charge < -0.3 is 0 Å². The van der Waals surface area contributed by atoms with E-state index in [-0.39, 0.29) is 0 Å². The SMILES string of the molecule is CCCCCN1NN(c2ccccc2)CN1c1ccc2c(c1)sc1ccccc12. The van der Waals surface area contributed by atoms with E-state index in [9.17, 15) is 0 Å². The molecule has 1 fully saturated rings. The number of para-hydroxylation sites is 1. The largest absolute Gasteiger partial charge is 0.272 e. The van der Waals surface area contributed by atoms with Crippen LogP contribution in [0.15, 0.2) is 72.8 Å². The van der Waals surface area contributed by atoms with Crippen LogP contribution in [-0.4, -0.2) is 18.3 Å². The summed E-state index contributed by atoms with van der Waals surface area (Å²) in [5, 5.41) is 9.52. The molecule has 0 unspecified atom stereocenters. The summed E-state index contributed by atoms with van der Waals surface area (Å²) >= 11 is 1.88. The summed E-state index contributed by atoms with van der Waals surface area (Å²) in [6.45, 7) is 4.02. The highest BCUT2D eigenvalue weighted by Crippen LogP contribution is 2.36. The van der Waals surface area contributed by atoms with Gasteiger partial charge in [0.25, 0.3) is 0 Å². The summed E-state index contributed by atoms with van der Waals surface area (Å²) in [5.41, 5.74) is 5.99. The van der Waals surface area contributed by atoms with Crippen LogP contribution in [-0.2, 0) is 0 Å². The van der Waals surface area contributed by atoms with Gasteiger partial charge in [-0.25, -0.2) is 0 Å². The average molecular weight is 403 g/mol. The minimum Gasteiger partial charge on any atom is -0.272 e. The molecule has 1 aliphatic heterocycles. The smallest absolute Gasteiger partial charge is 0.123 e. The second-order valence-electron chi connectivity index (χ2n) is 7.51. The van der Waals surface area contributed by atoms with Gasteiger partial charge in [-0.1, -0.05) is 62.2 Å². The van der Waals surface area contributed by atoms with E-state index in [1.807, 2.05) is 11.3 Å². The summed E-state index contributed by atoms with van der Waals surface area (Å²) < 4.78 is 2.69. The van der Waals surface area contributed by atoms with E-state index in [2.05, 4.69) is 100 Å². The van der Waals surface area contributed by atoms with Gasteiger partial charge in [-0.2, -0.15) is 0 Å². The minimum absolute atomic E-state index is 0.784. The Balaban J connectivity index is 1.48. The predicted molar refractivity (Wildman–Crippen MR) is 125 cm³/mol. The van der Waals surface area contributed by atoms with Crippen molar-refractivity contribution >= 4 is 42.9 Å². The molecule has 1 aromatic heterocycles. The first-order valence-electron chi connectivity index (χ1n) is 10.4.